The molecule has 0 aliphatic heterocycles. The lowest BCUT2D eigenvalue weighted by Crippen LogP contribution is -2.21. The zero-order chi connectivity index (χ0) is 17.2. The molecular formula is C22H18N2O. The molecule has 0 aliphatic carbocycles. The van der Waals surface area contributed by atoms with E-state index >= 15 is 0 Å². The summed E-state index contributed by atoms with van der Waals surface area (Å²) in [6.07, 6.45) is 0. The van der Waals surface area contributed by atoms with Crippen molar-refractivity contribution in [3.8, 4) is 0 Å². The van der Waals surface area contributed by atoms with E-state index < -0.39 is 0 Å². The van der Waals surface area contributed by atoms with Crippen molar-refractivity contribution in [2.24, 2.45) is 7.05 Å². The first-order chi connectivity index (χ1) is 12.3. The Bertz CT molecular complexity index is 1030. The van der Waals surface area contributed by atoms with Gasteiger partial charge in [-0.2, -0.15) is 4.98 Å². The van der Waals surface area contributed by atoms with Crippen molar-refractivity contribution in [2.75, 3.05) is 0 Å². The number of hydrogen-bond acceptors (Lipinski definition) is 2. The third kappa shape index (κ3) is 2.74. The maximum absolute atomic E-state index is 12.6. The number of rotatable bonds is 3. The van der Waals surface area contributed by atoms with E-state index in [0.717, 1.165) is 22.5 Å². The van der Waals surface area contributed by atoms with Crippen LogP contribution in [0.2, 0.25) is 0 Å². The molecule has 3 nitrogen and oxygen atoms in total. The van der Waals surface area contributed by atoms with E-state index in [-0.39, 0.29) is 11.5 Å². The van der Waals surface area contributed by atoms with Crippen LogP contribution in [-0.4, -0.2) is 9.55 Å². The highest BCUT2D eigenvalue weighted by Crippen LogP contribution is 2.30. The highest BCUT2D eigenvalue weighted by Gasteiger charge is 2.22. The highest BCUT2D eigenvalue weighted by atomic mass is 16.1. The van der Waals surface area contributed by atoms with Crippen LogP contribution in [0.15, 0.2) is 89.7 Å². The summed E-state index contributed by atoms with van der Waals surface area (Å²) in [7, 11) is 1.98. The Hall–Kier alpha value is -3.20. The Kier molecular flexibility index (Phi) is 3.90. The second-order valence-corrected chi connectivity index (χ2v) is 6.11. The van der Waals surface area contributed by atoms with Gasteiger partial charge in [0.15, 0.2) is 0 Å². The summed E-state index contributed by atoms with van der Waals surface area (Å²) in [5.41, 5.74) is 2.95. The van der Waals surface area contributed by atoms with Crippen LogP contribution in [-0.2, 0) is 7.05 Å². The molecule has 0 atom stereocenters. The van der Waals surface area contributed by atoms with Crippen LogP contribution < -0.4 is 5.56 Å². The molecule has 0 amide bonds. The molecule has 0 unspecified atom stereocenters. The zero-order valence-electron chi connectivity index (χ0n) is 14.0. The van der Waals surface area contributed by atoms with E-state index in [9.17, 15) is 4.79 Å². The molecule has 0 saturated carbocycles. The Balaban J connectivity index is 2.02. The normalized spacial score (nSPS) is 11.1. The Morgan fingerprint density at radius 1 is 0.760 bits per heavy atom. The molecule has 0 bridgehead atoms. The molecule has 0 spiro atoms. The molecule has 3 heteroatoms. The SMILES string of the molecule is Cn1c(C(c2ccccc2)c2ccccc2)nc(=O)c2ccccc21. The number of aromatic nitrogens is 2. The first kappa shape index (κ1) is 15.3. The molecule has 0 N–H and O–H groups in total. The van der Waals surface area contributed by atoms with E-state index in [1.807, 2.05) is 72.3 Å². The van der Waals surface area contributed by atoms with E-state index in [4.69, 9.17) is 0 Å². The number of aryl methyl sites for hydroxylation is 1. The van der Waals surface area contributed by atoms with Crippen LogP contribution in [0.1, 0.15) is 22.9 Å². The van der Waals surface area contributed by atoms with Crippen LogP contribution in [0.25, 0.3) is 10.9 Å². The topological polar surface area (TPSA) is 34.9 Å². The average Bonchev–Trinajstić information content (AvgIpc) is 2.68. The molecule has 0 aliphatic rings. The van der Waals surface area contributed by atoms with Gasteiger partial charge in [0, 0.05) is 7.05 Å². The van der Waals surface area contributed by atoms with E-state index in [1.54, 1.807) is 0 Å². The second-order valence-electron chi connectivity index (χ2n) is 6.11. The number of nitrogens with zero attached hydrogens (tertiary/aromatic N) is 2. The summed E-state index contributed by atoms with van der Waals surface area (Å²) in [6.45, 7) is 0. The van der Waals surface area contributed by atoms with Gasteiger partial charge in [-0.1, -0.05) is 72.8 Å². The van der Waals surface area contributed by atoms with Gasteiger partial charge in [-0.3, -0.25) is 4.79 Å². The predicted molar refractivity (Wildman–Crippen MR) is 101 cm³/mol. The van der Waals surface area contributed by atoms with Crippen molar-refractivity contribution in [3.05, 3.63) is 112 Å². The van der Waals surface area contributed by atoms with Crippen molar-refractivity contribution >= 4 is 10.9 Å². The van der Waals surface area contributed by atoms with Crippen LogP contribution in [0.5, 0.6) is 0 Å². The van der Waals surface area contributed by atoms with Crippen LogP contribution in [0.4, 0.5) is 0 Å². The van der Waals surface area contributed by atoms with Gasteiger partial charge in [0.1, 0.15) is 5.82 Å². The third-order valence-electron chi connectivity index (χ3n) is 4.58. The summed E-state index contributed by atoms with van der Waals surface area (Å²) in [6, 6.07) is 28.0. The maximum atomic E-state index is 12.6. The monoisotopic (exact) mass is 326 g/mol. The molecule has 4 rings (SSSR count). The molecule has 3 aromatic carbocycles. The minimum absolute atomic E-state index is 0.0929. The fraction of sp³-hybridized carbons (Fsp3) is 0.0909. The summed E-state index contributed by atoms with van der Waals surface area (Å²) in [5.74, 6) is 0.658. The zero-order valence-corrected chi connectivity index (χ0v) is 14.0. The van der Waals surface area contributed by atoms with Gasteiger partial charge in [-0.15, -0.1) is 0 Å². The fourth-order valence-electron chi connectivity index (χ4n) is 3.35. The Morgan fingerprint density at radius 3 is 1.88 bits per heavy atom. The summed E-state index contributed by atoms with van der Waals surface area (Å²) in [5, 5.41) is 0.647. The molecule has 4 aromatic rings. The van der Waals surface area contributed by atoms with E-state index in [2.05, 4.69) is 29.2 Å². The number of para-hydroxylation sites is 1. The number of hydrogen-bond donors (Lipinski definition) is 0. The lowest BCUT2D eigenvalue weighted by molar-refractivity contribution is 0.746. The standard InChI is InChI=1S/C22H18N2O/c1-24-19-15-9-8-14-18(19)22(25)23-21(24)20(16-10-4-2-5-11-16)17-12-6-3-7-13-17/h2-15,20H,1H3. The Morgan fingerprint density at radius 2 is 1.28 bits per heavy atom. The van der Waals surface area contributed by atoms with Gasteiger partial charge in [0.05, 0.1) is 16.8 Å². The average molecular weight is 326 g/mol. The molecule has 0 radical (unpaired) electrons. The maximum Gasteiger partial charge on any atom is 0.280 e. The van der Waals surface area contributed by atoms with Crippen LogP contribution in [0.3, 0.4) is 0 Å². The molecule has 122 valence electrons. The molecule has 1 aromatic heterocycles. The van der Waals surface area contributed by atoms with Gasteiger partial charge in [-0.05, 0) is 23.3 Å². The summed E-state index contributed by atoms with van der Waals surface area (Å²) < 4.78 is 2.03. The smallest absolute Gasteiger partial charge is 0.280 e. The predicted octanol–water partition coefficient (Wildman–Crippen LogP) is 4.11. The van der Waals surface area contributed by atoms with Gasteiger partial charge >= 0.3 is 0 Å². The quantitative estimate of drug-likeness (QED) is 0.568. The molecule has 0 saturated heterocycles. The van der Waals surface area contributed by atoms with Crippen molar-refractivity contribution in [1.29, 1.82) is 0 Å². The number of benzene rings is 3. The molecular weight excluding hydrogens is 308 g/mol. The lowest BCUT2D eigenvalue weighted by atomic mass is 9.90. The molecule has 25 heavy (non-hydrogen) atoms. The minimum Gasteiger partial charge on any atom is -0.331 e. The van der Waals surface area contributed by atoms with Gasteiger partial charge in [-0.25, -0.2) is 0 Å². The third-order valence-corrected chi connectivity index (χ3v) is 4.58. The highest BCUT2D eigenvalue weighted by molar-refractivity contribution is 5.78. The lowest BCUT2D eigenvalue weighted by Gasteiger charge is -2.21. The summed E-state index contributed by atoms with van der Waals surface area (Å²) in [4.78, 5) is 17.1. The molecule has 0 fully saturated rings. The minimum atomic E-state index is -0.180. The Labute approximate surface area is 146 Å². The van der Waals surface area contributed by atoms with Crippen molar-refractivity contribution in [2.45, 2.75) is 5.92 Å². The second kappa shape index (κ2) is 6.36. The van der Waals surface area contributed by atoms with Gasteiger partial charge in [0.2, 0.25) is 0 Å². The van der Waals surface area contributed by atoms with Crippen molar-refractivity contribution in [3.63, 3.8) is 0 Å². The molecule has 1 heterocycles. The summed E-state index contributed by atoms with van der Waals surface area (Å²) >= 11 is 0. The van der Waals surface area contributed by atoms with Gasteiger partial charge in [0.25, 0.3) is 5.56 Å². The first-order valence-corrected chi connectivity index (χ1v) is 8.31. The number of fused-ring (bicyclic) bond motifs is 1. The van der Waals surface area contributed by atoms with E-state index in [1.165, 1.54) is 0 Å². The first-order valence-electron chi connectivity index (χ1n) is 8.31. The fourth-order valence-corrected chi connectivity index (χ4v) is 3.35. The van der Waals surface area contributed by atoms with Crippen LogP contribution in [0, 0.1) is 0 Å². The van der Waals surface area contributed by atoms with E-state index in [0.29, 0.717) is 5.39 Å². The van der Waals surface area contributed by atoms with Crippen molar-refractivity contribution < 1.29 is 0 Å². The van der Waals surface area contributed by atoms with Gasteiger partial charge < -0.3 is 4.57 Å². The van der Waals surface area contributed by atoms with Crippen LogP contribution >= 0.6 is 0 Å². The van der Waals surface area contributed by atoms with Crippen molar-refractivity contribution in [1.82, 2.24) is 9.55 Å². The largest absolute Gasteiger partial charge is 0.331 e.